The molecule has 0 radical (unpaired) electrons. The van der Waals surface area contributed by atoms with E-state index in [2.05, 4.69) is 18.2 Å². The quantitative estimate of drug-likeness (QED) is 0.865. The number of hydrogen-bond acceptors (Lipinski definition) is 3. The second-order valence-corrected chi connectivity index (χ2v) is 7.36. The summed E-state index contributed by atoms with van der Waals surface area (Å²) in [5.74, 6) is 0. The van der Waals surface area contributed by atoms with Crippen LogP contribution in [0.1, 0.15) is 52.9 Å². The number of amides is 1. The van der Waals surface area contributed by atoms with Crippen LogP contribution in [0.4, 0.5) is 4.79 Å². The Bertz CT molecular complexity index is 451. The molecule has 0 unspecified atom stereocenters. The molecule has 22 heavy (non-hydrogen) atoms. The minimum absolute atomic E-state index is 0.0180. The highest BCUT2D eigenvalue weighted by Crippen LogP contribution is 2.43. The molecule has 4 heteroatoms. The molecule has 1 amide bonds. The molecule has 2 aliphatic rings. The smallest absolute Gasteiger partial charge is 0.410 e. The van der Waals surface area contributed by atoms with E-state index in [9.17, 15) is 9.90 Å². The van der Waals surface area contributed by atoms with Gasteiger partial charge < -0.3 is 14.7 Å². The lowest BCUT2D eigenvalue weighted by Gasteiger charge is -2.43. The Labute approximate surface area is 133 Å². The molecule has 1 fully saturated rings. The van der Waals surface area contributed by atoms with Gasteiger partial charge in [0.15, 0.2) is 0 Å². The highest BCUT2D eigenvalue weighted by atomic mass is 16.6. The molecule has 0 atom stereocenters. The van der Waals surface area contributed by atoms with Crippen molar-refractivity contribution in [2.24, 2.45) is 5.41 Å². The van der Waals surface area contributed by atoms with E-state index >= 15 is 0 Å². The summed E-state index contributed by atoms with van der Waals surface area (Å²) < 4.78 is 5.46. The number of likely N-dealkylation sites (tertiary alicyclic amines) is 1. The highest BCUT2D eigenvalue weighted by molar-refractivity contribution is 5.68. The zero-order valence-electron chi connectivity index (χ0n) is 14.1. The van der Waals surface area contributed by atoms with Gasteiger partial charge in [0.2, 0.25) is 0 Å². The molecule has 124 valence electrons. The topological polar surface area (TPSA) is 49.8 Å². The summed E-state index contributed by atoms with van der Waals surface area (Å²) in [5, 5.41) is 9.49. The average Bonchev–Trinajstić information content (AvgIpc) is 2.47. The Kier molecular flexibility index (Phi) is 5.32. The summed E-state index contributed by atoms with van der Waals surface area (Å²) in [6, 6.07) is 0. The molecule has 1 heterocycles. The standard InChI is InChI=1S/C18H29NO3/c1-17(2,3)22-16(21)19-12-9-18(10-13-19,11-14-20)15-7-5-4-6-8-15/h5,7-8,20H,4,6,9-14H2,1-3H3. The van der Waals surface area contributed by atoms with Crippen molar-refractivity contribution in [3.63, 3.8) is 0 Å². The van der Waals surface area contributed by atoms with Crippen molar-refractivity contribution in [2.75, 3.05) is 19.7 Å². The number of nitrogens with zero attached hydrogens (tertiary/aromatic N) is 1. The van der Waals surface area contributed by atoms with Gasteiger partial charge in [0.05, 0.1) is 0 Å². The number of aliphatic hydroxyl groups excluding tert-OH is 1. The maximum absolute atomic E-state index is 12.2. The van der Waals surface area contributed by atoms with Crippen LogP contribution in [0, 0.1) is 5.41 Å². The van der Waals surface area contributed by atoms with Crippen molar-refractivity contribution in [2.45, 2.75) is 58.5 Å². The summed E-state index contributed by atoms with van der Waals surface area (Å²) in [4.78, 5) is 14.0. The molecule has 0 spiro atoms. The predicted octanol–water partition coefficient (Wildman–Crippen LogP) is 3.66. The van der Waals surface area contributed by atoms with Gasteiger partial charge in [0, 0.05) is 25.1 Å². The number of piperidine rings is 1. The van der Waals surface area contributed by atoms with Gasteiger partial charge in [-0.2, -0.15) is 0 Å². The van der Waals surface area contributed by atoms with Crippen molar-refractivity contribution in [1.82, 2.24) is 4.90 Å². The van der Waals surface area contributed by atoms with E-state index in [1.807, 2.05) is 20.8 Å². The van der Waals surface area contributed by atoms with Gasteiger partial charge in [-0.3, -0.25) is 0 Å². The van der Waals surface area contributed by atoms with E-state index in [4.69, 9.17) is 4.74 Å². The second kappa shape index (κ2) is 6.86. The third-order valence-electron chi connectivity index (χ3n) is 4.57. The SMILES string of the molecule is CC(C)(C)OC(=O)N1CCC(CCO)(C2=CCCC=C2)CC1. The molecular weight excluding hydrogens is 278 g/mol. The normalized spacial score (nSPS) is 21.5. The zero-order valence-corrected chi connectivity index (χ0v) is 14.1. The third-order valence-corrected chi connectivity index (χ3v) is 4.57. The van der Waals surface area contributed by atoms with Crippen molar-refractivity contribution >= 4 is 6.09 Å². The van der Waals surface area contributed by atoms with Crippen LogP contribution < -0.4 is 0 Å². The van der Waals surface area contributed by atoms with Gasteiger partial charge in [-0.1, -0.05) is 18.2 Å². The lowest BCUT2D eigenvalue weighted by Crippen LogP contribution is -2.46. The Balaban J connectivity index is 2.02. The highest BCUT2D eigenvalue weighted by Gasteiger charge is 2.38. The zero-order chi connectivity index (χ0) is 16.2. The first kappa shape index (κ1) is 17.1. The van der Waals surface area contributed by atoms with Crippen LogP contribution in [-0.2, 0) is 4.74 Å². The first-order chi connectivity index (χ1) is 10.4. The van der Waals surface area contributed by atoms with E-state index in [-0.39, 0.29) is 18.1 Å². The minimum Gasteiger partial charge on any atom is -0.444 e. The van der Waals surface area contributed by atoms with E-state index in [0.29, 0.717) is 13.1 Å². The van der Waals surface area contributed by atoms with Crippen molar-refractivity contribution < 1.29 is 14.6 Å². The van der Waals surface area contributed by atoms with E-state index < -0.39 is 5.60 Å². The Morgan fingerprint density at radius 1 is 1.32 bits per heavy atom. The molecule has 0 aromatic heterocycles. The van der Waals surface area contributed by atoms with Gasteiger partial charge in [0.25, 0.3) is 0 Å². The van der Waals surface area contributed by atoms with Gasteiger partial charge in [-0.15, -0.1) is 0 Å². The molecule has 1 saturated heterocycles. The van der Waals surface area contributed by atoms with Crippen molar-refractivity contribution in [3.05, 3.63) is 23.8 Å². The second-order valence-electron chi connectivity index (χ2n) is 7.36. The third kappa shape index (κ3) is 4.13. The number of rotatable bonds is 3. The van der Waals surface area contributed by atoms with Crippen molar-refractivity contribution in [3.8, 4) is 0 Å². The Morgan fingerprint density at radius 2 is 2.00 bits per heavy atom. The van der Waals surface area contributed by atoms with Crippen LogP contribution in [0.2, 0.25) is 0 Å². The molecular formula is C18H29NO3. The molecule has 0 bridgehead atoms. The fourth-order valence-corrected chi connectivity index (χ4v) is 3.35. The van der Waals surface area contributed by atoms with Crippen LogP contribution in [0.25, 0.3) is 0 Å². The maximum Gasteiger partial charge on any atom is 0.410 e. The lowest BCUT2D eigenvalue weighted by atomic mass is 9.69. The number of carbonyl (C=O) groups excluding carboxylic acids is 1. The van der Waals surface area contributed by atoms with Crippen LogP contribution in [0.3, 0.4) is 0 Å². The van der Waals surface area contributed by atoms with Crippen LogP contribution in [-0.4, -0.2) is 41.4 Å². The lowest BCUT2D eigenvalue weighted by molar-refractivity contribution is 0.0117. The molecule has 0 saturated carbocycles. The summed E-state index contributed by atoms with van der Waals surface area (Å²) in [7, 11) is 0. The van der Waals surface area contributed by atoms with E-state index in [0.717, 1.165) is 32.1 Å². The van der Waals surface area contributed by atoms with E-state index in [1.165, 1.54) is 5.57 Å². The number of ether oxygens (including phenoxy) is 1. The monoisotopic (exact) mass is 307 g/mol. The molecule has 4 nitrogen and oxygen atoms in total. The number of hydrogen-bond donors (Lipinski definition) is 1. The van der Waals surface area contributed by atoms with Crippen molar-refractivity contribution in [1.29, 1.82) is 0 Å². The summed E-state index contributed by atoms with van der Waals surface area (Å²) in [6.45, 7) is 7.26. The predicted molar refractivity (Wildman–Crippen MR) is 87.6 cm³/mol. The van der Waals surface area contributed by atoms with Gasteiger partial charge in [-0.25, -0.2) is 4.79 Å². The van der Waals surface area contributed by atoms with Gasteiger partial charge in [-0.05, 0) is 58.4 Å². The molecule has 1 aliphatic heterocycles. The van der Waals surface area contributed by atoms with E-state index in [1.54, 1.807) is 4.90 Å². The van der Waals surface area contributed by atoms with Crippen LogP contribution in [0.5, 0.6) is 0 Å². The fraction of sp³-hybridized carbons (Fsp3) is 0.722. The molecule has 0 aromatic rings. The number of carbonyl (C=O) groups is 1. The molecule has 1 N–H and O–H groups in total. The number of aliphatic hydroxyl groups is 1. The van der Waals surface area contributed by atoms with Gasteiger partial charge >= 0.3 is 6.09 Å². The largest absolute Gasteiger partial charge is 0.444 e. The van der Waals surface area contributed by atoms with Crippen LogP contribution >= 0.6 is 0 Å². The van der Waals surface area contributed by atoms with Crippen LogP contribution in [0.15, 0.2) is 23.8 Å². The first-order valence-electron chi connectivity index (χ1n) is 8.32. The fourth-order valence-electron chi connectivity index (χ4n) is 3.35. The summed E-state index contributed by atoms with van der Waals surface area (Å²) in [5.41, 5.74) is 0.909. The molecule has 1 aliphatic carbocycles. The Morgan fingerprint density at radius 3 is 2.50 bits per heavy atom. The number of allylic oxidation sites excluding steroid dienone is 4. The minimum atomic E-state index is -0.453. The maximum atomic E-state index is 12.2. The average molecular weight is 307 g/mol. The molecule has 2 rings (SSSR count). The first-order valence-corrected chi connectivity index (χ1v) is 8.32. The Hall–Kier alpha value is -1.29. The molecule has 0 aromatic carbocycles. The summed E-state index contributed by atoms with van der Waals surface area (Å²) in [6.07, 6.45) is 11.2. The van der Waals surface area contributed by atoms with Gasteiger partial charge in [0.1, 0.15) is 5.60 Å². The summed E-state index contributed by atoms with van der Waals surface area (Å²) >= 11 is 0.